The second kappa shape index (κ2) is 8.27. The fourth-order valence-electron chi connectivity index (χ4n) is 5.50. The summed E-state index contributed by atoms with van der Waals surface area (Å²) in [7, 11) is 0. The number of nitriles is 1. The minimum Gasteiger partial charge on any atom is -0.481 e. The number of carbonyl (C=O) groups is 1. The molecule has 2 aromatic heterocycles. The van der Waals surface area contributed by atoms with E-state index < -0.39 is 41.4 Å². The van der Waals surface area contributed by atoms with E-state index in [-0.39, 0.29) is 46.3 Å². The van der Waals surface area contributed by atoms with Crippen LogP contribution < -0.4 is 11.1 Å². The molecule has 0 spiro atoms. The summed E-state index contributed by atoms with van der Waals surface area (Å²) in [4.78, 5) is 24.2. The molecule has 11 heteroatoms. The van der Waals surface area contributed by atoms with Gasteiger partial charge in [0.1, 0.15) is 17.3 Å². The van der Waals surface area contributed by atoms with Crippen LogP contribution in [0.5, 0.6) is 0 Å². The Morgan fingerprint density at radius 3 is 2.59 bits per heavy atom. The van der Waals surface area contributed by atoms with E-state index in [0.29, 0.717) is 6.42 Å². The van der Waals surface area contributed by atoms with Gasteiger partial charge in [0, 0.05) is 17.5 Å². The Hall–Kier alpha value is -3.68. The van der Waals surface area contributed by atoms with Gasteiger partial charge in [-0.2, -0.15) is 5.26 Å². The maximum atomic E-state index is 15.6. The molecule has 0 aromatic carbocycles. The summed E-state index contributed by atoms with van der Waals surface area (Å²) >= 11 is 0. The van der Waals surface area contributed by atoms with Crippen LogP contribution in [-0.2, 0) is 4.79 Å². The van der Waals surface area contributed by atoms with Crippen molar-refractivity contribution in [2.75, 3.05) is 11.1 Å². The summed E-state index contributed by atoms with van der Waals surface area (Å²) in [5, 5.41) is 30.6. The Morgan fingerprint density at radius 2 is 1.94 bits per heavy atom. The molecule has 9 nitrogen and oxygen atoms in total. The number of nitrogens with zero attached hydrogens (tertiary/aromatic N) is 4. The number of halogens is 2. The highest BCUT2D eigenvalue weighted by Crippen LogP contribution is 2.49. The zero-order chi connectivity index (χ0) is 24.1. The van der Waals surface area contributed by atoms with Gasteiger partial charge in [0.15, 0.2) is 17.5 Å². The lowest BCUT2D eigenvalue weighted by molar-refractivity contribution is -0.148. The third-order valence-corrected chi connectivity index (χ3v) is 7.37. The maximum absolute atomic E-state index is 15.6. The highest BCUT2D eigenvalue weighted by molar-refractivity contribution is 6.11. The summed E-state index contributed by atoms with van der Waals surface area (Å²) in [6, 6.07) is 2.61. The predicted molar refractivity (Wildman–Crippen MR) is 117 cm³/mol. The molecule has 2 heterocycles. The van der Waals surface area contributed by atoms with Crippen molar-refractivity contribution < 1.29 is 18.7 Å². The van der Waals surface area contributed by atoms with E-state index in [1.54, 1.807) is 0 Å². The lowest BCUT2D eigenvalue weighted by atomic mass is 9.61. The average Bonchev–Trinajstić information content (AvgIpc) is 3.61. The lowest BCUT2D eigenvalue weighted by Gasteiger charge is -2.47. The number of nitrogens with one attached hydrogen (secondary N) is 2. The van der Waals surface area contributed by atoms with Gasteiger partial charge in [-0.25, -0.2) is 23.7 Å². The number of carboxylic acids is 1. The first-order chi connectivity index (χ1) is 16.3. The van der Waals surface area contributed by atoms with E-state index in [9.17, 15) is 19.6 Å². The molecule has 1 unspecified atom stereocenters. The number of nitrogen functional groups attached to an aromatic ring is 1. The molecule has 4 fully saturated rings. The Kier molecular flexibility index (Phi) is 5.38. The van der Waals surface area contributed by atoms with Gasteiger partial charge < -0.3 is 16.2 Å². The van der Waals surface area contributed by atoms with Crippen molar-refractivity contribution in [3.05, 3.63) is 41.0 Å². The number of hydrogen-bond donors (Lipinski definition) is 4. The first kappa shape index (κ1) is 22.1. The van der Waals surface area contributed by atoms with E-state index in [2.05, 4.69) is 26.3 Å². The minimum atomic E-state index is -0.931. The molecule has 4 atom stereocenters. The van der Waals surface area contributed by atoms with Gasteiger partial charge in [-0.3, -0.25) is 10.2 Å². The molecular formula is C23H23F2N7O2. The number of rotatable bonds is 6. The van der Waals surface area contributed by atoms with E-state index in [1.165, 1.54) is 0 Å². The zero-order valence-corrected chi connectivity index (χ0v) is 18.1. The second-order valence-electron chi connectivity index (χ2n) is 9.34. The third-order valence-electron chi connectivity index (χ3n) is 7.37. The van der Waals surface area contributed by atoms with Crippen LogP contribution in [0.4, 0.5) is 20.4 Å². The molecule has 0 saturated heterocycles. The topological polar surface area (TPSA) is 162 Å². The smallest absolute Gasteiger partial charge is 0.308 e. The number of pyridine rings is 1. The summed E-state index contributed by atoms with van der Waals surface area (Å²) in [5.41, 5.74) is 5.42. The molecule has 5 N–H and O–H groups in total. The Balaban J connectivity index is 1.56. The summed E-state index contributed by atoms with van der Waals surface area (Å²) in [5.74, 6) is -4.38. The molecule has 4 aliphatic rings. The minimum absolute atomic E-state index is 0.00621. The molecule has 4 aliphatic carbocycles. The van der Waals surface area contributed by atoms with Gasteiger partial charge in [0.25, 0.3) is 0 Å². The molecule has 0 amide bonds. The van der Waals surface area contributed by atoms with Gasteiger partial charge in [-0.1, -0.05) is 0 Å². The van der Waals surface area contributed by atoms with Gasteiger partial charge in [0.05, 0.1) is 29.8 Å². The summed E-state index contributed by atoms with van der Waals surface area (Å²) < 4.78 is 29.4. The van der Waals surface area contributed by atoms with Crippen LogP contribution in [0.15, 0.2) is 12.3 Å². The molecule has 4 saturated carbocycles. The van der Waals surface area contributed by atoms with Crippen LogP contribution in [0.1, 0.15) is 55.1 Å². The maximum Gasteiger partial charge on any atom is 0.308 e. The van der Waals surface area contributed by atoms with Gasteiger partial charge in [-0.05, 0) is 50.0 Å². The van der Waals surface area contributed by atoms with Crippen LogP contribution in [0, 0.1) is 52.0 Å². The number of anilines is 2. The first-order valence-electron chi connectivity index (χ1n) is 11.2. The highest BCUT2D eigenvalue weighted by atomic mass is 19.1. The van der Waals surface area contributed by atoms with Crippen molar-refractivity contribution >= 4 is 23.3 Å². The Labute approximate surface area is 193 Å². The first-order valence-corrected chi connectivity index (χ1v) is 11.2. The molecule has 6 rings (SSSR count). The second-order valence-corrected chi connectivity index (χ2v) is 9.34. The number of nitrogens with two attached hydrogens (primary N) is 1. The number of aromatic nitrogens is 3. The Morgan fingerprint density at radius 1 is 1.24 bits per heavy atom. The van der Waals surface area contributed by atoms with Crippen LogP contribution in [0.2, 0.25) is 0 Å². The van der Waals surface area contributed by atoms with E-state index in [4.69, 9.17) is 11.1 Å². The third kappa shape index (κ3) is 3.73. The molecular weight excluding hydrogens is 444 g/mol. The normalized spacial score (nSPS) is 29.3. The van der Waals surface area contributed by atoms with Crippen LogP contribution in [0.3, 0.4) is 0 Å². The van der Waals surface area contributed by atoms with E-state index in [1.807, 2.05) is 0 Å². The number of aliphatic carboxylic acids is 1. The van der Waals surface area contributed by atoms with Crippen molar-refractivity contribution in [3.8, 4) is 6.07 Å². The molecule has 2 aromatic rings. The monoisotopic (exact) mass is 467 g/mol. The average molecular weight is 467 g/mol. The lowest BCUT2D eigenvalue weighted by Crippen LogP contribution is -2.51. The van der Waals surface area contributed by atoms with Gasteiger partial charge in [-0.15, -0.1) is 0 Å². The standard InChI is InChI=1S/C23H23F2N7O2/c24-12-6-14(20(28)29-8-12)17(27)22-31-19(13-5-11(13)7-26)16(25)21(32-22)30-18-10-3-1-9(2-4-10)15(18)23(33)34/h6,8-11,13,15,18,27H,1-5H2,(H2,28,29)(H,33,34)(H,30,31,32)/t9?,10?,11?,13-,15-,18-/m0/s1. The quantitative estimate of drug-likeness (QED) is 0.471. The summed E-state index contributed by atoms with van der Waals surface area (Å²) in [6.45, 7) is 0. The highest BCUT2D eigenvalue weighted by Gasteiger charge is 2.48. The fraction of sp³-hybridized carbons (Fsp3) is 0.478. The summed E-state index contributed by atoms with van der Waals surface area (Å²) in [6.07, 6.45) is 4.68. The number of hydrogen-bond acceptors (Lipinski definition) is 8. The van der Waals surface area contributed by atoms with E-state index >= 15 is 4.39 Å². The van der Waals surface area contributed by atoms with Crippen LogP contribution in [0.25, 0.3) is 0 Å². The molecule has 0 aliphatic heterocycles. The van der Waals surface area contributed by atoms with Gasteiger partial charge in [0.2, 0.25) is 0 Å². The zero-order valence-electron chi connectivity index (χ0n) is 18.1. The SMILES string of the molecule is N#CC1C[C@@H]1c1nc(C(=N)c2cc(F)cnc2N)nc(N[C@H]2C3CCC(CC3)[C@@H]2C(=O)O)c1F. The largest absolute Gasteiger partial charge is 0.481 e. The molecule has 34 heavy (non-hydrogen) atoms. The molecule has 0 radical (unpaired) electrons. The van der Waals surface area contributed by atoms with Crippen molar-refractivity contribution in [3.63, 3.8) is 0 Å². The van der Waals surface area contributed by atoms with Crippen LogP contribution >= 0.6 is 0 Å². The predicted octanol–water partition coefficient (Wildman–Crippen LogP) is 3.08. The molecule has 2 bridgehead atoms. The number of carboxylic acid groups (broad SMARTS) is 1. The molecule has 176 valence electrons. The van der Waals surface area contributed by atoms with Crippen LogP contribution in [-0.4, -0.2) is 37.8 Å². The van der Waals surface area contributed by atoms with Crippen molar-refractivity contribution in [2.45, 2.75) is 44.1 Å². The van der Waals surface area contributed by atoms with Crippen molar-refractivity contribution in [1.29, 1.82) is 10.7 Å². The van der Waals surface area contributed by atoms with Gasteiger partial charge >= 0.3 is 5.97 Å². The van der Waals surface area contributed by atoms with Crippen molar-refractivity contribution in [1.82, 2.24) is 15.0 Å². The van der Waals surface area contributed by atoms with E-state index in [0.717, 1.165) is 37.9 Å². The number of fused-ring (bicyclic) bond motifs is 3. The Bertz CT molecular complexity index is 1220. The fourth-order valence-corrected chi connectivity index (χ4v) is 5.50. The van der Waals surface area contributed by atoms with Crippen molar-refractivity contribution in [2.24, 2.45) is 23.7 Å².